The minimum atomic E-state index is -3.92. The number of aromatic amines is 1. The highest BCUT2D eigenvalue weighted by Gasteiger charge is 2.25. The summed E-state index contributed by atoms with van der Waals surface area (Å²) in [5.41, 5.74) is 8.18. The molecule has 184 valence electrons. The van der Waals surface area contributed by atoms with Gasteiger partial charge < -0.3 is 24.8 Å². The fourth-order valence-electron chi connectivity index (χ4n) is 4.17. The average molecular weight is 497 g/mol. The Hall–Kier alpha value is -3.76. The molecule has 0 aliphatic rings. The van der Waals surface area contributed by atoms with Crippen LogP contribution in [-0.2, 0) is 17.1 Å². The van der Waals surface area contributed by atoms with Gasteiger partial charge in [0.25, 0.3) is 5.91 Å². The van der Waals surface area contributed by atoms with E-state index in [1.807, 2.05) is 55.6 Å². The zero-order valence-electron chi connectivity index (χ0n) is 19.7. The monoisotopic (exact) mass is 496 g/mol. The third-order valence-electron chi connectivity index (χ3n) is 5.91. The smallest absolute Gasteiger partial charge is 0.265 e. The maximum Gasteiger partial charge on any atom is 0.265 e. The number of amides is 1. The summed E-state index contributed by atoms with van der Waals surface area (Å²) in [5.74, 6) is 0.128. The van der Waals surface area contributed by atoms with Crippen LogP contribution >= 0.6 is 0 Å². The van der Waals surface area contributed by atoms with Crippen LogP contribution in [0.4, 0.5) is 0 Å². The molecule has 0 fully saturated rings. The van der Waals surface area contributed by atoms with Crippen LogP contribution in [0.15, 0.2) is 65.8 Å². The molecular formula is C25H28N4O5S. The van der Waals surface area contributed by atoms with E-state index >= 15 is 0 Å². The van der Waals surface area contributed by atoms with Gasteiger partial charge in [0.2, 0.25) is 10.0 Å². The van der Waals surface area contributed by atoms with E-state index in [2.05, 4.69) is 9.71 Å². The van der Waals surface area contributed by atoms with Gasteiger partial charge in [-0.2, -0.15) is 0 Å². The molecule has 0 spiro atoms. The first-order chi connectivity index (χ1) is 16.7. The molecule has 0 aliphatic carbocycles. The lowest BCUT2D eigenvalue weighted by molar-refractivity contribution is 0.0992. The second kappa shape index (κ2) is 9.85. The first kappa shape index (κ1) is 24.4. The summed E-state index contributed by atoms with van der Waals surface area (Å²) in [6.07, 6.45) is 3.25. The van der Waals surface area contributed by atoms with Crippen molar-refractivity contribution < 1.29 is 22.7 Å². The Labute approximate surface area is 203 Å². The highest BCUT2D eigenvalue weighted by Crippen LogP contribution is 2.36. The summed E-state index contributed by atoms with van der Waals surface area (Å²) in [6, 6.07) is 14.7. The van der Waals surface area contributed by atoms with Crippen molar-refractivity contribution in [3.8, 4) is 11.5 Å². The highest BCUT2D eigenvalue weighted by molar-refractivity contribution is 7.89. The first-order valence-corrected chi connectivity index (χ1v) is 12.6. The minimum absolute atomic E-state index is 0.0317. The number of hydrogen-bond acceptors (Lipinski definition) is 5. The van der Waals surface area contributed by atoms with E-state index < -0.39 is 15.9 Å². The van der Waals surface area contributed by atoms with Crippen molar-refractivity contribution in [2.75, 3.05) is 20.3 Å². The van der Waals surface area contributed by atoms with Crippen molar-refractivity contribution in [3.63, 3.8) is 0 Å². The Bertz CT molecular complexity index is 1470. The Kier molecular flexibility index (Phi) is 6.86. The number of nitrogens with zero attached hydrogens (tertiary/aromatic N) is 1. The SMILES string of the molecule is CCOc1ccc(C(CNS(=O)(=O)c2cc(C(N)=O)n(C)c2)c2c[nH]c3ccccc23)cc1OC. The quantitative estimate of drug-likeness (QED) is 0.311. The number of aromatic nitrogens is 2. The fraction of sp³-hybridized carbons (Fsp3) is 0.240. The van der Waals surface area contributed by atoms with Gasteiger partial charge in [0, 0.05) is 42.8 Å². The lowest BCUT2D eigenvalue weighted by Crippen LogP contribution is -2.29. The summed E-state index contributed by atoms with van der Waals surface area (Å²) in [7, 11) is -0.784. The molecule has 2 heterocycles. The topological polar surface area (TPSA) is 128 Å². The van der Waals surface area contributed by atoms with E-state index in [4.69, 9.17) is 15.2 Å². The number of rotatable bonds is 10. The zero-order chi connectivity index (χ0) is 25.2. The van der Waals surface area contributed by atoms with Gasteiger partial charge in [-0.05, 0) is 42.3 Å². The number of fused-ring (bicyclic) bond motifs is 1. The molecule has 0 bridgehead atoms. The number of H-pyrrole nitrogens is 1. The standard InChI is InChI=1S/C25H28N4O5S/c1-4-34-23-10-9-16(11-24(23)33-3)19(20-13-27-21-8-6-5-7-18(20)21)14-28-35(31,32)17-12-22(25(26)30)29(2)15-17/h5-13,15,19,27-28H,4,14H2,1-3H3,(H2,26,30). The molecule has 2 aromatic carbocycles. The van der Waals surface area contributed by atoms with Crippen molar-refractivity contribution in [2.45, 2.75) is 17.7 Å². The van der Waals surface area contributed by atoms with Crippen LogP contribution in [0.3, 0.4) is 0 Å². The van der Waals surface area contributed by atoms with Crippen LogP contribution in [0.25, 0.3) is 10.9 Å². The second-order valence-electron chi connectivity index (χ2n) is 8.07. The van der Waals surface area contributed by atoms with Crippen LogP contribution in [0.5, 0.6) is 11.5 Å². The summed E-state index contributed by atoms with van der Waals surface area (Å²) in [6.45, 7) is 2.46. The summed E-state index contributed by atoms with van der Waals surface area (Å²) < 4.78 is 41.5. The van der Waals surface area contributed by atoms with Crippen LogP contribution in [0, 0.1) is 0 Å². The predicted octanol–water partition coefficient (Wildman–Crippen LogP) is 3.12. The van der Waals surface area contributed by atoms with E-state index in [0.717, 1.165) is 22.0 Å². The first-order valence-electron chi connectivity index (χ1n) is 11.1. The van der Waals surface area contributed by atoms with Gasteiger partial charge in [0.1, 0.15) is 10.6 Å². The largest absolute Gasteiger partial charge is 0.493 e. The number of nitrogens with two attached hydrogens (primary N) is 1. The Morgan fingerprint density at radius 1 is 1.17 bits per heavy atom. The number of ether oxygens (including phenoxy) is 2. The van der Waals surface area contributed by atoms with Crippen LogP contribution < -0.4 is 19.9 Å². The van der Waals surface area contributed by atoms with Gasteiger partial charge in [-0.3, -0.25) is 4.79 Å². The van der Waals surface area contributed by atoms with E-state index in [9.17, 15) is 13.2 Å². The second-order valence-corrected chi connectivity index (χ2v) is 9.84. The van der Waals surface area contributed by atoms with Gasteiger partial charge in [0.05, 0.1) is 13.7 Å². The maximum absolute atomic E-state index is 13.1. The van der Waals surface area contributed by atoms with E-state index in [-0.39, 0.29) is 23.1 Å². The normalized spacial score (nSPS) is 12.5. The van der Waals surface area contributed by atoms with Crippen molar-refractivity contribution in [1.82, 2.24) is 14.3 Å². The summed E-state index contributed by atoms with van der Waals surface area (Å²) in [5, 5.41) is 0.986. The molecule has 1 amide bonds. The molecule has 4 aromatic rings. The minimum Gasteiger partial charge on any atom is -0.493 e. The number of benzene rings is 2. The number of carbonyl (C=O) groups is 1. The van der Waals surface area contributed by atoms with Crippen LogP contribution in [0.2, 0.25) is 0 Å². The number of methoxy groups -OCH3 is 1. The van der Waals surface area contributed by atoms with Crippen LogP contribution in [0.1, 0.15) is 34.5 Å². The number of hydrogen-bond donors (Lipinski definition) is 3. The molecule has 2 aromatic heterocycles. The number of aryl methyl sites for hydroxylation is 1. The lowest BCUT2D eigenvalue weighted by atomic mass is 9.91. The fourth-order valence-corrected chi connectivity index (χ4v) is 5.28. The molecule has 0 saturated carbocycles. The van der Waals surface area contributed by atoms with Crippen molar-refractivity contribution in [1.29, 1.82) is 0 Å². The van der Waals surface area contributed by atoms with Crippen LogP contribution in [-0.4, -0.2) is 44.1 Å². The zero-order valence-corrected chi connectivity index (χ0v) is 20.6. The molecule has 4 N–H and O–H groups in total. The van der Waals surface area contributed by atoms with E-state index in [1.165, 1.54) is 16.8 Å². The molecule has 4 rings (SSSR count). The van der Waals surface area contributed by atoms with Gasteiger partial charge in [-0.25, -0.2) is 13.1 Å². The van der Waals surface area contributed by atoms with E-state index in [0.29, 0.717) is 18.1 Å². The summed E-state index contributed by atoms with van der Waals surface area (Å²) >= 11 is 0. The molecule has 0 aliphatic heterocycles. The number of nitrogens with one attached hydrogen (secondary N) is 2. The number of sulfonamides is 1. The van der Waals surface area contributed by atoms with Crippen molar-refractivity contribution in [2.24, 2.45) is 12.8 Å². The Balaban J connectivity index is 1.73. The number of carbonyl (C=O) groups excluding carboxylic acids is 1. The molecule has 0 saturated heterocycles. The molecule has 9 nitrogen and oxygen atoms in total. The maximum atomic E-state index is 13.1. The number of primary amides is 1. The third-order valence-corrected chi connectivity index (χ3v) is 7.30. The average Bonchev–Trinajstić information content (AvgIpc) is 3.44. The Morgan fingerprint density at radius 3 is 2.63 bits per heavy atom. The molecule has 1 atom stereocenters. The third kappa shape index (κ3) is 4.89. The molecule has 35 heavy (non-hydrogen) atoms. The van der Waals surface area contributed by atoms with Gasteiger partial charge in [-0.1, -0.05) is 24.3 Å². The van der Waals surface area contributed by atoms with E-state index in [1.54, 1.807) is 14.2 Å². The molecule has 0 radical (unpaired) electrons. The predicted molar refractivity (Wildman–Crippen MR) is 133 cm³/mol. The molecule has 1 unspecified atom stereocenters. The van der Waals surface area contributed by atoms with Gasteiger partial charge in [0.15, 0.2) is 11.5 Å². The van der Waals surface area contributed by atoms with Crippen molar-refractivity contribution >= 4 is 26.8 Å². The molecular weight excluding hydrogens is 468 g/mol. The highest BCUT2D eigenvalue weighted by atomic mass is 32.2. The number of para-hydroxylation sites is 1. The van der Waals surface area contributed by atoms with Gasteiger partial charge in [-0.15, -0.1) is 0 Å². The summed E-state index contributed by atoms with van der Waals surface area (Å²) in [4.78, 5) is 14.8. The Morgan fingerprint density at radius 2 is 1.94 bits per heavy atom. The van der Waals surface area contributed by atoms with Crippen molar-refractivity contribution in [3.05, 3.63) is 77.7 Å². The lowest BCUT2D eigenvalue weighted by Gasteiger charge is -2.20. The molecule has 10 heteroatoms. The van der Waals surface area contributed by atoms with Gasteiger partial charge >= 0.3 is 0 Å².